The maximum atomic E-state index is 11.9. The normalized spacial score (nSPS) is 10.0. The smallest absolute Gasteiger partial charge is 0.273 e. The Labute approximate surface area is 139 Å². The molecule has 0 heterocycles. The zero-order valence-electron chi connectivity index (χ0n) is 13.2. The number of benzene rings is 2. The average molecular weight is 330 g/mol. The summed E-state index contributed by atoms with van der Waals surface area (Å²) in [5.74, 6) is 1.12. The van der Waals surface area contributed by atoms with E-state index in [0.717, 1.165) is 5.75 Å². The van der Waals surface area contributed by atoms with Gasteiger partial charge in [-0.05, 0) is 24.3 Å². The van der Waals surface area contributed by atoms with Crippen LogP contribution < -0.4 is 14.8 Å². The topological polar surface area (TPSA) is 90.7 Å². The first-order chi connectivity index (χ1) is 11.6. The summed E-state index contributed by atoms with van der Waals surface area (Å²) in [6.45, 7) is 0.612. The van der Waals surface area contributed by atoms with Crippen molar-refractivity contribution in [2.45, 2.75) is 6.42 Å². The van der Waals surface area contributed by atoms with Crippen molar-refractivity contribution in [1.29, 1.82) is 0 Å². The molecule has 0 spiro atoms. The molecule has 2 rings (SSSR count). The second kappa shape index (κ2) is 8.52. The van der Waals surface area contributed by atoms with Crippen LogP contribution in [0.2, 0.25) is 0 Å². The Morgan fingerprint density at radius 2 is 1.79 bits per heavy atom. The zero-order valence-corrected chi connectivity index (χ0v) is 13.2. The lowest BCUT2D eigenvalue weighted by Crippen LogP contribution is -2.29. The highest BCUT2D eigenvalue weighted by Gasteiger charge is 2.15. The number of nitrogens with zero attached hydrogens (tertiary/aromatic N) is 1. The van der Waals surface area contributed by atoms with E-state index < -0.39 is 4.92 Å². The quantitative estimate of drug-likeness (QED) is 0.456. The summed E-state index contributed by atoms with van der Waals surface area (Å²) in [6.07, 6.45) is -0.0420. The van der Waals surface area contributed by atoms with Gasteiger partial charge in [0.25, 0.3) is 5.69 Å². The van der Waals surface area contributed by atoms with Crippen LogP contribution >= 0.6 is 0 Å². The summed E-state index contributed by atoms with van der Waals surface area (Å²) < 4.78 is 10.5. The van der Waals surface area contributed by atoms with E-state index in [-0.39, 0.29) is 18.0 Å². The van der Waals surface area contributed by atoms with Crippen molar-refractivity contribution < 1.29 is 19.2 Å². The van der Waals surface area contributed by atoms with Crippen LogP contribution in [0.5, 0.6) is 11.5 Å². The predicted octanol–water partition coefficient (Wildman–Crippen LogP) is 2.34. The molecule has 0 fully saturated rings. The zero-order chi connectivity index (χ0) is 17.4. The first-order valence-corrected chi connectivity index (χ1v) is 7.36. The first-order valence-electron chi connectivity index (χ1n) is 7.36. The molecule has 7 heteroatoms. The Morgan fingerprint density at radius 3 is 2.46 bits per heavy atom. The van der Waals surface area contributed by atoms with Gasteiger partial charge in [-0.1, -0.05) is 18.2 Å². The molecule has 0 unspecified atom stereocenters. The fraction of sp³-hybridized carbons (Fsp3) is 0.235. The number of nitro benzene ring substituents is 1. The van der Waals surface area contributed by atoms with Crippen LogP contribution in [0.15, 0.2) is 48.5 Å². The SMILES string of the molecule is COc1ccc(OCCNC(=O)Cc2ccccc2[N+](=O)[O-])cc1. The van der Waals surface area contributed by atoms with Crippen LogP contribution in [0.4, 0.5) is 5.69 Å². The summed E-state index contributed by atoms with van der Waals surface area (Å²) in [5, 5.41) is 13.6. The van der Waals surface area contributed by atoms with Crippen molar-refractivity contribution >= 4 is 11.6 Å². The average Bonchev–Trinajstić information content (AvgIpc) is 2.59. The predicted molar refractivity (Wildman–Crippen MR) is 88.3 cm³/mol. The number of hydrogen-bond donors (Lipinski definition) is 1. The molecule has 24 heavy (non-hydrogen) atoms. The highest BCUT2D eigenvalue weighted by atomic mass is 16.6. The number of hydrogen-bond acceptors (Lipinski definition) is 5. The maximum absolute atomic E-state index is 11.9. The van der Waals surface area contributed by atoms with Gasteiger partial charge in [-0.2, -0.15) is 0 Å². The lowest BCUT2D eigenvalue weighted by atomic mass is 10.1. The monoisotopic (exact) mass is 330 g/mol. The molecule has 0 aromatic heterocycles. The van der Waals surface area contributed by atoms with Gasteiger partial charge in [0.1, 0.15) is 18.1 Å². The van der Waals surface area contributed by atoms with Gasteiger partial charge >= 0.3 is 0 Å². The number of ether oxygens (including phenoxy) is 2. The third-order valence-electron chi connectivity index (χ3n) is 3.29. The van der Waals surface area contributed by atoms with Gasteiger partial charge < -0.3 is 14.8 Å². The number of methoxy groups -OCH3 is 1. The number of para-hydroxylation sites is 1. The number of carbonyl (C=O) groups excluding carboxylic acids is 1. The van der Waals surface area contributed by atoms with Crippen LogP contribution in [-0.2, 0) is 11.2 Å². The molecule has 0 saturated heterocycles. The van der Waals surface area contributed by atoms with Crippen molar-refractivity contribution in [1.82, 2.24) is 5.32 Å². The lowest BCUT2D eigenvalue weighted by Gasteiger charge is -2.08. The van der Waals surface area contributed by atoms with E-state index in [1.807, 2.05) is 0 Å². The van der Waals surface area contributed by atoms with E-state index in [4.69, 9.17) is 9.47 Å². The molecule has 2 aromatic carbocycles. The largest absolute Gasteiger partial charge is 0.497 e. The molecule has 0 bridgehead atoms. The van der Waals surface area contributed by atoms with E-state index in [9.17, 15) is 14.9 Å². The number of rotatable bonds is 8. The Bertz CT molecular complexity index is 700. The van der Waals surface area contributed by atoms with Crippen LogP contribution in [-0.4, -0.2) is 31.1 Å². The van der Waals surface area contributed by atoms with Crippen molar-refractivity contribution in [3.8, 4) is 11.5 Å². The molecule has 0 aliphatic rings. The van der Waals surface area contributed by atoms with Crippen molar-refractivity contribution in [2.75, 3.05) is 20.3 Å². The molecular formula is C17H18N2O5. The molecule has 1 amide bonds. The van der Waals surface area contributed by atoms with E-state index in [1.54, 1.807) is 49.6 Å². The highest BCUT2D eigenvalue weighted by Crippen LogP contribution is 2.18. The first kappa shape index (κ1) is 17.3. The second-order valence-corrected chi connectivity index (χ2v) is 4.94. The fourth-order valence-corrected chi connectivity index (χ4v) is 2.11. The number of carbonyl (C=O) groups is 1. The molecule has 0 aliphatic heterocycles. The number of nitro groups is 1. The van der Waals surface area contributed by atoms with E-state index in [1.165, 1.54) is 6.07 Å². The van der Waals surface area contributed by atoms with Crippen LogP contribution in [0.3, 0.4) is 0 Å². The van der Waals surface area contributed by atoms with Gasteiger partial charge in [0, 0.05) is 11.6 Å². The van der Waals surface area contributed by atoms with Gasteiger partial charge in [-0.15, -0.1) is 0 Å². The lowest BCUT2D eigenvalue weighted by molar-refractivity contribution is -0.385. The third-order valence-corrected chi connectivity index (χ3v) is 3.29. The Kier molecular flexibility index (Phi) is 6.13. The minimum Gasteiger partial charge on any atom is -0.497 e. The van der Waals surface area contributed by atoms with Crippen molar-refractivity contribution in [2.24, 2.45) is 0 Å². The minimum atomic E-state index is -0.491. The fourth-order valence-electron chi connectivity index (χ4n) is 2.11. The molecule has 2 aromatic rings. The molecule has 0 atom stereocenters. The molecule has 0 saturated carbocycles. The van der Waals surface area contributed by atoms with Crippen molar-refractivity contribution in [3.63, 3.8) is 0 Å². The Morgan fingerprint density at radius 1 is 1.12 bits per heavy atom. The van der Waals surface area contributed by atoms with Crippen LogP contribution in [0.25, 0.3) is 0 Å². The third kappa shape index (κ3) is 4.98. The maximum Gasteiger partial charge on any atom is 0.273 e. The summed E-state index contributed by atoms with van der Waals surface area (Å²) in [6, 6.07) is 13.3. The van der Waals surface area contributed by atoms with E-state index in [2.05, 4.69) is 5.32 Å². The summed E-state index contributed by atoms with van der Waals surface area (Å²) in [7, 11) is 1.59. The summed E-state index contributed by atoms with van der Waals surface area (Å²) >= 11 is 0. The summed E-state index contributed by atoms with van der Waals surface area (Å²) in [4.78, 5) is 22.3. The second-order valence-electron chi connectivity index (χ2n) is 4.94. The highest BCUT2D eigenvalue weighted by molar-refractivity contribution is 5.79. The Hall–Kier alpha value is -3.09. The molecule has 7 nitrogen and oxygen atoms in total. The summed E-state index contributed by atoms with van der Waals surface area (Å²) in [5.41, 5.74) is 0.332. The molecule has 0 radical (unpaired) electrons. The van der Waals surface area contributed by atoms with Gasteiger partial charge in [-0.3, -0.25) is 14.9 Å². The van der Waals surface area contributed by atoms with Gasteiger partial charge in [-0.25, -0.2) is 0 Å². The van der Waals surface area contributed by atoms with Crippen molar-refractivity contribution in [3.05, 3.63) is 64.2 Å². The van der Waals surface area contributed by atoms with E-state index in [0.29, 0.717) is 24.5 Å². The Balaban J connectivity index is 1.76. The minimum absolute atomic E-state index is 0.0420. The van der Waals surface area contributed by atoms with Crippen LogP contribution in [0, 0.1) is 10.1 Å². The van der Waals surface area contributed by atoms with Gasteiger partial charge in [0.05, 0.1) is 25.0 Å². The molecular weight excluding hydrogens is 312 g/mol. The standard InChI is InChI=1S/C17H18N2O5/c1-23-14-6-8-15(9-7-14)24-11-10-18-17(20)12-13-4-2-3-5-16(13)19(21)22/h2-9H,10-12H2,1H3,(H,18,20). The van der Waals surface area contributed by atoms with Gasteiger partial charge in [0.15, 0.2) is 0 Å². The molecule has 126 valence electrons. The molecule has 0 aliphatic carbocycles. The van der Waals surface area contributed by atoms with Crippen LogP contribution in [0.1, 0.15) is 5.56 Å². The molecule has 1 N–H and O–H groups in total. The van der Waals surface area contributed by atoms with Gasteiger partial charge in [0.2, 0.25) is 5.91 Å². The van der Waals surface area contributed by atoms with E-state index >= 15 is 0 Å². The number of amides is 1. The number of nitrogens with one attached hydrogen (secondary N) is 1.